The zero-order valence-electron chi connectivity index (χ0n) is 11.0. The van der Waals surface area contributed by atoms with E-state index >= 15 is 0 Å². The van der Waals surface area contributed by atoms with E-state index in [0.717, 1.165) is 0 Å². The fourth-order valence-electron chi connectivity index (χ4n) is 1.35. The van der Waals surface area contributed by atoms with Crippen LogP contribution < -0.4 is 15.4 Å². The van der Waals surface area contributed by atoms with Crippen LogP contribution in [0.3, 0.4) is 0 Å². The number of carbonyl (C=O) groups excluding carboxylic acids is 2. The second-order valence-electron chi connectivity index (χ2n) is 4.24. The zero-order valence-corrected chi connectivity index (χ0v) is 11.0. The van der Waals surface area contributed by atoms with E-state index in [4.69, 9.17) is 4.74 Å². The lowest BCUT2D eigenvalue weighted by Crippen LogP contribution is -2.17. The van der Waals surface area contributed by atoms with Crippen molar-refractivity contribution in [1.29, 1.82) is 0 Å². The van der Waals surface area contributed by atoms with Crippen LogP contribution in [0.15, 0.2) is 18.2 Å². The van der Waals surface area contributed by atoms with Gasteiger partial charge in [0.05, 0.1) is 12.8 Å². The third-order valence-corrected chi connectivity index (χ3v) is 2.30. The van der Waals surface area contributed by atoms with Gasteiger partial charge in [0.25, 0.3) is 0 Å². The number of ether oxygens (including phenoxy) is 1. The van der Waals surface area contributed by atoms with E-state index in [1.54, 1.807) is 18.2 Å². The summed E-state index contributed by atoms with van der Waals surface area (Å²) in [6.07, 6.45) is 0. The second kappa shape index (κ2) is 6.05. The predicted molar refractivity (Wildman–Crippen MR) is 70.8 cm³/mol. The summed E-state index contributed by atoms with van der Waals surface area (Å²) in [5.74, 6) is 0.175. The average molecular weight is 250 g/mol. The van der Waals surface area contributed by atoms with Crippen molar-refractivity contribution in [3.05, 3.63) is 18.2 Å². The fraction of sp³-hybridized carbons (Fsp3) is 0.385. The van der Waals surface area contributed by atoms with Gasteiger partial charge in [-0.2, -0.15) is 0 Å². The molecule has 0 unspecified atom stereocenters. The molecule has 0 aliphatic rings. The topological polar surface area (TPSA) is 67.4 Å². The Morgan fingerprint density at radius 2 is 1.89 bits per heavy atom. The molecule has 0 bridgehead atoms. The molecule has 0 saturated carbocycles. The van der Waals surface area contributed by atoms with Crippen LogP contribution in [0.5, 0.6) is 5.75 Å². The standard InChI is InChI=1S/C13H18N2O3/c1-8(2)13(17)15-10-5-6-11(14-9(3)16)12(7-10)18-4/h5-8H,1-4H3,(H,14,16)(H,15,17). The van der Waals surface area contributed by atoms with E-state index in [9.17, 15) is 9.59 Å². The van der Waals surface area contributed by atoms with E-state index in [2.05, 4.69) is 10.6 Å². The normalized spacial score (nSPS) is 10.1. The molecule has 2 amide bonds. The molecular formula is C13H18N2O3. The third-order valence-electron chi connectivity index (χ3n) is 2.30. The molecule has 5 nitrogen and oxygen atoms in total. The maximum atomic E-state index is 11.6. The Kier molecular flexibility index (Phi) is 4.71. The summed E-state index contributed by atoms with van der Waals surface area (Å²) >= 11 is 0. The lowest BCUT2D eigenvalue weighted by atomic mass is 10.2. The molecule has 1 aromatic rings. The number of hydrogen-bond acceptors (Lipinski definition) is 3. The molecule has 0 aliphatic heterocycles. The highest BCUT2D eigenvalue weighted by Crippen LogP contribution is 2.28. The Hall–Kier alpha value is -2.04. The Bertz CT molecular complexity index is 456. The van der Waals surface area contributed by atoms with Gasteiger partial charge in [-0.15, -0.1) is 0 Å². The molecule has 0 aromatic heterocycles. The molecule has 2 N–H and O–H groups in total. The smallest absolute Gasteiger partial charge is 0.226 e. The molecule has 0 radical (unpaired) electrons. The molecule has 18 heavy (non-hydrogen) atoms. The van der Waals surface area contributed by atoms with Crippen LogP contribution >= 0.6 is 0 Å². The summed E-state index contributed by atoms with van der Waals surface area (Å²) in [6.45, 7) is 5.06. The summed E-state index contributed by atoms with van der Waals surface area (Å²) in [5, 5.41) is 5.42. The lowest BCUT2D eigenvalue weighted by Gasteiger charge is -2.12. The van der Waals surface area contributed by atoms with Crippen LogP contribution in [0, 0.1) is 5.92 Å². The van der Waals surface area contributed by atoms with Crippen molar-refractivity contribution in [2.45, 2.75) is 20.8 Å². The van der Waals surface area contributed by atoms with E-state index in [1.165, 1.54) is 14.0 Å². The number of anilines is 2. The molecule has 98 valence electrons. The van der Waals surface area contributed by atoms with E-state index in [0.29, 0.717) is 17.1 Å². The summed E-state index contributed by atoms with van der Waals surface area (Å²) in [4.78, 5) is 22.5. The molecular weight excluding hydrogens is 232 g/mol. The van der Waals surface area contributed by atoms with E-state index in [-0.39, 0.29) is 17.7 Å². The first kappa shape index (κ1) is 14.0. The molecule has 0 fully saturated rings. The van der Waals surface area contributed by atoms with Crippen LogP contribution in [0.4, 0.5) is 11.4 Å². The molecule has 0 atom stereocenters. The number of methoxy groups -OCH3 is 1. The van der Waals surface area contributed by atoms with Gasteiger partial charge in [0.1, 0.15) is 5.75 Å². The SMILES string of the molecule is COc1cc(NC(=O)C(C)C)ccc1NC(C)=O. The Labute approximate surface area is 107 Å². The highest BCUT2D eigenvalue weighted by atomic mass is 16.5. The minimum Gasteiger partial charge on any atom is -0.494 e. The molecule has 0 spiro atoms. The number of carbonyl (C=O) groups is 2. The zero-order chi connectivity index (χ0) is 13.7. The molecule has 5 heteroatoms. The largest absolute Gasteiger partial charge is 0.494 e. The summed E-state index contributed by atoms with van der Waals surface area (Å²) in [7, 11) is 1.51. The van der Waals surface area contributed by atoms with Gasteiger partial charge < -0.3 is 15.4 Å². The van der Waals surface area contributed by atoms with Crippen LogP contribution in [0.25, 0.3) is 0 Å². The van der Waals surface area contributed by atoms with Gasteiger partial charge in [-0.25, -0.2) is 0 Å². The van der Waals surface area contributed by atoms with Crippen molar-refractivity contribution >= 4 is 23.2 Å². The van der Waals surface area contributed by atoms with Gasteiger partial charge in [0.15, 0.2) is 0 Å². The molecule has 1 rings (SSSR count). The van der Waals surface area contributed by atoms with Crippen molar-refractivity contribution in [3.8, 4) is 5.75 Å². The first-order chi connectivity index (χ1) is 8.43. The number of amides is 2. The molecule has 0 heterocycles. The first-order valence-electron chi connectivity index (χ1n) is 5.70. The Morgan fingerprint density at radius 1 is 1.22 bits per heavy atom. The number of benzene rings is 1. The highest BCUT2D eigenvalue weighted by molar-refractivity contribution is 5.94. The summed E-state index contributed by atoms with van der Waals surface area (Å²) < 4.78 is 5.16. The Morgan fingerprint density at radius 3 is 2.39 bits per heavy atom. The van der Waals surface area contributed by atoms with Gasteiger partial charge in [0.2, 0.25) is 11.8 Å². The highest BCUT2D eigenvalue weighted by Gasteiger charge is 2.10. The molecule has 0 aliphatic carbocycles. The third kappa shape index (κ3) is 3.76. The molecule has 1 aromatic carbocycles. The van der Waals surface area contributed by atoms with Gasteiger partial charge in [0, 0.05) is 24.6 Å². The summed E-state index contributed by atoms with van der Waals surface area (Å²) in [6, 6.07) is 5.08. The van der Waals surface area contributed by atoms with Crippen molar-refractivity contribution in [2.75, 3.05) is 17.7 Å². The minimum atomic E-state index is -0.174. The first-order valence-corrected chi connectivity index (χ1v) is 5.70. The second-order valence-corrected chi connectivity index (χ2v) is 4.24. The number of hydrogen-bond donors (Lipinski definition) is 2. The quantitative estimate of drug-likeness (QED) is 0.861. The number of nitrogens with one attached hydrogen (secondary N) is 2. The minimum absolute atomic E-state index is 0.0654. The predicted octanol–water partition coefficient (Wildman–Crippen LogP) is 2.25. The average Bonchev–Trinajstić information content (AvgIpc) is 2.30. The van der Waals surface area contributed by atoms with Crippen molar-refractivity contribution in [3.63, 3.8) is 0 Å². The maximum Gasteiger partial charge on any atom is 0.226 e. The summed E-state index contributed by atoms with van der Waals surface area (Å²) in [5.41, 5.74) is 1.21. The van der Waals surface area contributed by atoms with Crippen LogP contribution in [-0.2, 0) is 9.59 Å². The number of rotatable bonds is 4. The van der Waals surface area contributed by atoms with Crippen LogP contribution in [0.1, 0.15) is 20.8 Å². The maximum absolute atomic E-state index is 11.6. The van der Waals surface area contributed by atoms with Crippen molar-refractivity contribution < 1.29 is 14.3 Å². The van der Waals surface area contributed by atoms with Crippen molar-refractivity contribution in [1.82, 2.24) is 0 Å². The monoisotopic (exact) mass is 250 g/mol. The Balaban J connectivity index is 2.91. The van der Waals surface area contributed by atoms with Crippen LogP contribution in [-0.4, -0.2) is 18.9 Å². The van der Waals surface area contributed by atoms with E-state index in [1.807, 2.05) is 13.8 Å². The van der Waals surface area contributed by atoms with Gasteiger partial charge in [-0.3, -0.25) is 9.59 Å². The lowest BCUT2D eigenvalue weighted by molar-refractivity contribution is -0.119. The van der Waals surface area contributed by atoms with Crippen LogP contribution in [0.2, 0.25) is 0 Å². The van der Waals surface area contributed by atoms with E-state index < -0.39 is 0 Å². The van der Waals surface area contributed by atoms with Gasteiger partial charge >= 0.3 is 0 Å². The fourth-order valence-corrected chi connectivity index (χ4v) is 1.35. The van der Waals surface area contributed by atoms with Crippen molar-refractivity contribution in [2.24, 2.45) is 5.92 Å². The molecule has 0 saturated heterocycles. The van der Waals surface area contributed by atoms with Gasteiger partial charge in [-0.05, 0) is 12.1 Å². The van der Waals surface area contributed by atoms with Gasteiger partial charge in [-0.1, -0.05) is 13.8 Å².